The summed E-state index contributed by atoms with van der Waals surface area (Å²) >= 11 is 0. The van der Waals surface area contributed by atoms with Crippen molar-refractivity contribution in [1.82, 2.24) is 0 Å². The van der Waals surface area contributed by atoms with Crippen molar-refractivity contribution in [3.05, 3.63) is 35.6 Å². The minimum Gasteiger partial charge on any atom is -0.252 e. The topological polar surface area (TPSA) is 12.4 Å². The van der Waals surface area contributed by atoms with Gasteiger partial charge in [0.25, 0.3) is 0 Å². The van der Waals surface area contributed by atoms with Crippen molar-refractivity contribution in [2.24, 2.45) is 4.99 Å². The summed E-state index contributed by atoms with van der Waals surface area (Å²) < 4.78 is 0. The number of rotatable bonds is 3. The highest BCUT2D eigenvalue weighted by atomic mass is 14.8. The van der Waals surface area contributed by atoms with Gasteiger partial charge >= 0.3 is 0 Å². The molecular weight excluding hydrogens is 146 g/mol. The van der Waals surface area contributed by atoms with E-state index in [0.29, 0.717) is 0 Å². The average molecular weight is 158 g/mol. The standard InChI is InChI=1S/C11H12N/c1-2-3-6-10-8-9-5-4-7-11(9)12-10/h4-5,7H,2-3,6H2,1H3. The molecule has 0 aromatic rings. The van der Waals surface area contributed by atoms with Crippen LogP contribution in [0.4, 0.5) is 0 Å². The monoisotopic (exact) mass is 158 g/mol. The van der Waals surface area contributed by atoms with E-state index in [1.807, 2.05) is 12.2 Å². The maximum absolute atomic E-state index is 4.45. The molecule has 0 fully saturated rings. The molecule has 1 heterocycles. The lowest BCUT2D eigenvalue weighted by Gasteiger charge is -1.93. The van der Waals surface area contributed by atoms with Crippen LogP contribution in [0.1, 0.15) is 26.2 Å². The van der Waals surface area contributed by atoms with Crippen molar-refractivity contribution < 1.29 is 0 Å². The zero-order valence-electron chi connectivity index (χ0n) is 7.30. The number of unbranched alkanes of at least 4 members (excludes halogenated alkanes) is 1. The largest absolute Gasteiger partial charge is 0.252 e. The Hall–Kier alpha value is -1.11. The van der Waals surface area contributed by atoms with Gasteiger partial charge in [0.05, 0.1) is 5.71 Å². The van der Waals surface area contributed by atoms with Gasteiger partial charge in [0, 0.05) is 17.3 Å². The van der Waals surface area contributed by atoms with Gasteiger partial charge in [-0.25, -0.2) is 0 Å². The number of allylic oxidation sites excluding steroid dienone is 6. The number of aliphatic imine (C=N–C) groups is 1. The molecule has 0 saturated heterocycles. The van der Waals surface area contributed by atoms with Gasteiger partial charge < -0.3 is 0 Å². The predicted octanol–water partition coefficient (Wildman–Crippen LogP) is 2.81. The second-order valence-electron chi connectivity index (χ2n) is 3.11. The normalized spacial score (nSPS) is 18.9. The summed E-state index contributed by atoms with van der Waals surface area (Å²) in [5.41, 5.74) is 3.39. The third-order valence-electron chi connectivity index (χ3n) is 2.09. The van der Waals surface area contributed by atoms with E-state index in [1.165, 1.54) is 18.4 Å². The quantitative estimate of drug-likeness (QED) is 0.599. The third-order valence-corrected chi connectivity index (χ3v) is 2.09. The molecule has 0 amide bonds. The van der Waals surface area contributed by atoms with E-state index < -0.39 is 0 Å². The van der Waals surface area contributed by atoms with Gasteiger partial charge in [-0.3, -0.25) is 4.99 Å². The minimum atomic E-state index is 1.07. The van der Waals surface area contributed by atoms with Crippen LogP contribution in [-0.2, 0) is 0 Å². The van der Waals surface area contributed by atoms with Crippen LogP contribution in [0.15, 0.2) is 34.5 Å². The molecule has 2 aliphatic rings. The molecule has 1 radical (unpaired) electrons. The first kappa shape index (κ1) is 7.53. The van der Waals surface area contributed by atoms with E-state index in [-0.39, 0.29) is 0 Å². The first-order chi connectivity index (χ1) is 5.90. The van der Waals surface area contributed by atoms with Crippen LogP contribution in [0.25, 0.3) is 0 Å². The van der Waals surface area contributed by atoms with E-state index >= 15 is 0 Å². The number of hydrogen-bond acceptors (Lipinski definition) is 1. The van der Waals surface area contributed by atoms with E-state index in [2.05, 4.69) is 24.1 Å². The molecule has 0 unspecified atom stereocenters. The summed E-state index contributed by atoms with van der Waals surface area (Å²) in [6, 6.07) is 0. The Bertz CT molecular complexity index is 303. The Kier molecular flexibility index (Phi) is 1.94. The Balaban J connectivity index is 2.04. The van der Waals surface area contributed by atoms with Crippen LogP contribution in [-0.4, -0.2) is 5.71 Å². The molecule has 0 aromatic heterocycles. The van der Waals surface area contributed by atoms with Crippen molar-refractivity contribution in [2.75, 3.05) is 0 Å². The lowest BCUT2D eigenvalue weighted by atomic mass is 10.2. The predicted molar refractivity (Wildman–Crippen MR) is 50.9 cm³/mol. The molecule has 61 valence electrons. The van der Waals surface area contributed by atoms with Crippen LogP contribution in [0.3, 0.4) is 0 Å². The molecule has 0 spiro atoms. The van der Waals surface area contributed by atoms with Crippen LogP contribution in [0.2, 0.25) is 0 Å². The second-order valence-corrected chi connectivity index (χ2v) is 3.11. The maximum Gasteiger partial charge on any atom is 0.0712 e. The van der Waals surface area contributed by atoms with Gasteiger partial charge in [-0.2, -0.15) is 0 Å². The third kappa shape index (κ3) is 1.27. The van der Waals surface area contributed by atoms with Crippen LogP contribution in [0, 0.1) is 6.08 Å². The number of fused-ring (bicyclic) bond motifs is 1. The first-order valence-corrected chi connectivity index (χ1v) is 4.50. The van der Waals surface area contributed by atoms with Crippen molar-refractivity contribution in [2.45, 2.75) is 26.2 Å². The van der Waals surface area contributed by atoms with Gasteiger partial charge in [0.15, 0.2) is 0 Å². The van der Waals surface area contributed by atoms with Crippen molar-refractivity contribution >= 4 is 5.71 Å². The molecule has 0 bridgehead atoms. The van der Waals surface area contributed by atoms with Crippen molar-refractivity contribution in [1.29, 1.82) is 0 Å². The minimum absolute atomic E-state index is 1.07. The fourth-order valence-electron chi connectivity index (χ4n) is 1.41. The molecule has 12 heavy (non-hydrogen) atoms. The summed E-state index contributed by atoms with van der Waals surface area (Å²) in [7, 11) is 0. The molecule has 1 heteroatoms. The Morgan fingerprint density at radius 3 is 3.17 bits per heavy atom. The van der Waals surface area contributed by atoms with Crippen LogP contribution >= 0.6 is 0 Å². The number of nitrogens with zero attached hydrogens (tertiary/aromatic N) is 1. The fraction of sp³-hybridized carbons (Fsp3) is 0.364. The Morgan fingerprint density at radius 1 is 1.50 bits per heavy atom. The van der Waals surface area contributed by atoms with Crippen LogP contribution in [0.5, 0.6) is 0 Å². The molecule has 0 aromatic carbocycles. The summed E-state index contributed by atoms with van der Waals surface area (Å²) in [5.74, 6) is 0. The lowest BCUT2D eigenvalue weighted by Crippen LogP contribution is -1.85. The average Bonchev–Trinajstić information content (AvgIpc) is 2.58. The maximum atomic E-state index is 4.45. The highest BCUT2D eigenvalue weighted by molar-refractivity contribution is 6.14. The van der Waals surface area contributed by atoms with Gasteiger partial charge in [0.1, 0.15) is 0 Å². The highest BCUT2D eigenvalue weighted by Gasteiger charge is 2.14. The molecule has 1 aliphatic heterocycles. The second kappa shape index (κ2) is 3.10. The van der Waals surface area contributed by atoms with E-state index in [1.54, 1.807) is 0 Å². The molecule has 2 rings (SSSR count). The molecule has 1 aliphatic carbocycles. The van der Waals surface area contributed by atoms with E-state index in [9.17, 15) is 0 Å². The van der Waals surface area contributed by atoms with Crippen LogP contribution < -0.4 is 0 Å². The summed E-state index contributed by atoms with van der Waals surface area (Å²) in [4.78, 5) is 4.45. The van der Waals surface area contributed by atoms with E-state index in [0.717, 1.165) is 17.8 Å². The zero-order chi connectivity index (χ0) is 8.39. The summed E-state index contributed by atoms with van der Waals surface area (Å²) in [6.45, 7) is 2.20. The Morgan fingerprint density at radius 2 is 2.42 bits per heavy atom. The van der Waals surface area contributed by atoms with E-state index in [4.69, 9.17) is 0 Å². The smallest absolute Gasteiger partial charge is 0.0712 e. The SMILES string of the molecule is CCCCC1=[C]C2=CC=CC2=N1. The lowest BCUT2D eigenvalue weighted by molar-refractivity contribution is 0.782. The van der Waals surface area contributed by atoms with Gasteiger partial charge in [-0.1, -0.05) is 25.5 Å². The number of hydrogen-bond donors (Lipinski definition) is 0. The molecular formula is C11H12N. The molecule has 0 N–H and O–H groups in total. The van der Waals surface area contributed by atoms with Gasteiger partial charge in [0.2, 0.25) is 0 Å². The summed E-state index contributed by atoms with van der Waals surface area (Å²) in [5, 5.41) is 0. The Labute approximate surface area is 73.2 Å². The highest BCUT2D eigenvalue weighted by Crippen LogP contribution is 2.23. The molecule has 0 saturated carbocycles. The van der Waals surface area contributed by atoms with Gasteiger partial charge in [-0.15, -0.1) is 0 Å². The fourth-order valence-corrected chi connectivity index (χ4v) is 1.41. The molecule has 0 atom stereocenters. The first-order valence-electron chi connectivity index (χ1n) is 4.50. The van der Waals surface area contributed by atoms with Gasteiger partial charge in [-0.05, 0) is 18.9 Å². The van der Waals surface area contributed by atoms with Crippen molar-refractivity contribution in [3.63, 3.8) is 0 Å². The summed E-state index contributed by atoms with van der Waals surface area (Å²) in [6.07, 6.45) is 13.0. The zero-order valence-corrected chi connectivity index (χ0v) is 7.30. The molecule has 1 nitrogen and oxygen atoms in total. The van der Waals surface area contributed by atoms with Crippen molar-refractivity contribution in [3.8, 4) is 0 Å².